The molecule has 2 rings (SSSR count). The number of pyridine rings is 1. The number of nitrogens with zero attached hydrogens (tertiary/aromatic N) is 3. The molecular formula is C11H15N5O2S. The van der Waals surface area contributed by atoms with E-state index in [4.69, 9.17) is 0 Å². The van der Waals surface area contributed by atoms with Gasteiger partial charge in [0.25, 0.3) is 10.0 Å². The van der Waals surface area contributed by atoms with Crippen LogP contribution in [0.1, 0.15) is 6.92 Å². The number of rotatable bonds is 5. The van der Waals surface area contributed by atoms with Crippen LogP contribution in [0.15, 0.2) is 35.6 Å². The predicted molar refractivity (Wildman–Crippen MR) is 72.4 cm³/mol. The van der Waals surface area contributed by atoms with Crippen LogP contribution in [0.5, 0.6) is 0 Å². The molecule has 2 aromatic rings. The number of aromatic nitrogens is 3. The first-order valence-electron chi connectivity index (χ1n) is 5.73. The molecule has 0 aromatic carbocycles. The molecule has 2 aromatic heterocycles. The second-order valence-corrected chi connectivity index (χ2v) is 5.54. The summed E-state index contributed by atoms with van der Waals surface area (Å²) < 4.78 is 28.5. The number of nitrogens with one attached hydrogen (secondary N) is 2. The van der Waals surface area contributed by atoms with Gasteiger partial charge in [-0.25, -0.2) is 13.4 Å². The monoisotopic (exact) mass is 281 g/mol. The zero-order chi connectivity index (χ0) is 13.9. The van der Waals surface area contributed by atoms with E-state index in [1.165, 1.54) is 16.9 Å². The van der Waals surface area contributed by atoms with Crippen molar-refractivity contribution >= 4 is 21.5 Å². The molecule has 0 aliphatic heterocycles. The van der Waals surface area contributed by atoms with Crippen LogP contribution in [-0.4, -0.2) is 29.7 Å². The van der Waals surface area contributed by atoms with Gasteiger partial charge >= 0.3 is 0 Å². The van der Waals surface area contributed by atoms with Gasteiger partial charge in [-0.3, -0.25) is 9.40 Å². The summed E-state index contributed by atoms with van der Waals surface area (Å²) in [4.78, 5) is 4.14. The van der Waals surface area contributed by atoms with Gasteiger partial charge in [0, 0.05) is 26.0 Å². The van der Waals surface area contributed by atoms with Gasteiger partial charge in [0.1, 0.15) is 10.7 Å². The lowest BCUT2D eigenvalue weighted by Gasteiger charge is -2.10. The average molecular weight is 281 g/mol. The molecular weight excluding hydrogens is 266 g/mol. The number of sulfonamides is 1. The van der Waals surface area contributed by atoms with E-state index in [0.717, 1.165) is 0 Å². The van der Waals surface area contributed by atoms with Crippen molar-refractivity contribution in [1.29, 1.82) is 0 Å². The van der Waals surface area contributed by atoms with E-state index in [1.807, 2.05) is 6.92 Å². The van der Waals surface area contributed by atoms with E-state index in [9.17, 15) is 8.42 Å². The summed E-state index contributed by atoms with van der Waals surface area (Å²) in [6.45, 7) is 2.46. The predicted octanol–water partition coefficient (Wildman–Crippen LogP) is 1.05. The summed E-state index contributed by atoms with van der Waals surface area (Å²) in [6.07, 6.45) is 4.57. The molecule has 0 radical (unpaired) electrons. The highest BCUT2D eigenvalue weighted by Crippen LogP contribution is 2.20. The van der Waals surface area contributed by atoms with Crippen molar-refractivity contribution in [2.75, 3.05) is 16.6 Å². The number of hydrogen-bond donors (Lipinski definition) is 2. The van der Waals surface area contributed by atoms with Crippen LogP contribution in [0.3, 0.4) is 0 Å². The molecule has 2 heterocycles. The maximum atomic E-state index is 12.3. The maximum Gasteiger partial charge on any atom is 0.265 e. The van der Waals surface area contributed by atoms with Crippen molar-refractivity contribution in [2.45, 2.75) is 11.8 Å². The molecule has 0 amide bonds. The van der Waals surface area contributed by atoms with Gasteiger partial charge in [0.05, 0.1) is 11.9 Å². The summed E-state index contributed by atoms with van der Waals surface area (Å²) in [5.74, 6) is 0.335. The van der Waals surface area contributed by atoms with E-state index < -0.39 is 10.0 Å². The molecule has 0 spiro atoms. The molecule has 0 fully saturated rings. The Bertz CT molecular complexity index is 665. The van der Waals surface area contributed by atoms with Gasteiger partial charge in [-0.05, 0) is 19.1 Å². The number of anilines is 2. The molecule has 0 saturated heterocycles. The molecule has 8 heteroatoms. The van der Waals surface area contributed by atoms with Crippen LogP contribution >= 0.6 is 0 Å². The lowest BCUT2D eigenvalue weighted by Crippen LogP contribution is -2.15. The van der Waals surface area contributed by atoms with E-state index in [2.05, 4.69) is 20.1 Å². The van der Waals surface area contributed by atoms with Crippen molar-refractivity contribution in [3.8, 4) is 0 Å². The second kappa shape index (κ2) is 5.27. The summed E-state index contributed by atoms with van der Waals surface area (Å²) in [7, 11) is -1.97. The fraction of sp³-hybridized carbons (Fsp3) is 0.273. The Kier molecular flexibility index (Phi) is 3.70. The third-order valence-electron chi connectivity index (χ3n) is 2.36. The van der Waals surface area contributed by atoms with Crippen LogP contribution < -0.4 is 10.0 Å². The van der Waals surface area contributed by atoms with Gasteiger partial charge < -0.3 is 5.32 Å². The molecule has 0 aliphatic rings. The summed E-state index contributed by atoms with van der Waals surface area (Å²) in [6, 6.07) is 3.09. The van der Waals surface area contributed by atoms with E-state index in [1.54, 1.807) is 25.5 Å². The summed E-state index contributed by atoms with van der Waals surface area (Å²) in [5, 5.41) is 6.83. The van der Waals surface area contributed by atoms with Crippen molar-refractivity contribution in [1.82, 2.24) is 14.8 Å². The fourth-order valence-electron chi connectivity index (χ4n) is 1.59. The zero-order valence-electron chi connectivity index (χ0n) is 10.7. The Morgan fingerprint density at radius 1 is 1.42 bits per heavy atom. The highest BCUT2D eigenvalue weighted by Gasteiger charge is 2.19. The zero-order valence-corrected chi connectivity index (χ0v) is 11.5. The Morgan fingerprint density at radius 3 is 2.84 bits per heavy atom. The molecule has 2 N–H and O–H groups in total. The normalized spacial score (nSPS) is 11.3. The van der Waals surface area contributed by atoms with Gasteiger partial charge in [-0.15, -0.1) is 0 Å². The summed E-state index contributed by atoms with van der Waals surface area (Å²) >= 11 is 0. The summed E-state index contributed by atoms with van der Waals surface area (Å²) in [5.41, 5.74) is 0.411. The van der Waals surface area contributed by atoms with E-state index >= 15 is 0 Å². The van der Waals surface area contributed by atoms with E-state index in [0.29, 0.717) is 18.1 Å². The highest BCUT2D eigenvalue weighted by molar-refractivity contribution is 7.92. The van der Waals surface area contributed by atoms with Gasteiger partial charge in [-0.2, -0.15) is 5.10 Å². The highest BCUT2D eigenvalue weighted by atomic mass is 32.2. The van der Waals surface area contributed by atoms with Crippen molar-refractivity contribution in [2.24, 2.45) is 7.05 Å². The maximum absolute atomic E-state index is 12.3. The van der Waals surface area contributed by atoms with Gasteiger partial charge in [0.2, 0.25) is 0 Å². The first-order chi connectivity index (χ1) is 9.03. The lowest BCUT2D eigenvalue weighted by molar-refractivity contribution is 0.601. The minimum Gasteiger partial charge on any atom is -0.369 e. The van der Waals surface area contributed by atoms with Crippen LogP contribution in [0.4, 0.5) is 11.5 Å². The Labute approximate surface area is 111 Å². The quantitative estimate of drug-likeness (QED) is 0.855. The van der Waals surface area contributed by atoms with Gasteiger partial charge in [0.15, 0.2) is 0 Å². The molecule has 7 nitrogen and oxygen atoms in total. The number of hydrogen-bond acceptors (Lipinski definition) is 5. The average Bonchev–Trinajstić information content (AvgIpc) is 2.75. The second-order valence-electron chi connectivity index (χ2n) is 3.89. The van der Waals surface area contributed by atoms with Crippen LogP contribution in [0.25, 0.3) is 0 Å². The first-order valence-corrected chi connectivity index (χ1v) is 7.21. The third kappa shape index (κ3) is 3.02. The Morgan fingerprint density at radius 2 is 2.21 bits per heavy atom. The standard InChI is InChI=1S/C11H15N5O2S/c1-3-12-11-10(5-4-6-13-11)19(17,18)15-9-7-14-16(2)8-9/h4-8,15H,3H2,1-2H3,(H,12,13). The van der Waals surface area contributed by atoms with Crippen molar-refractivity contribution in [3.05, 3.63) is 30.7 Å². The van der Waals surface area contributed by atoms with Crippen LogP contribution in [0.2, 0.25) is 0 Å². The molecule has 0 unspecified atom stereocenters. The molecule has 102 valence electrons. The van der Waals surface area contributed by atoms with Crippen LogP contribution in [0, 0.1) is 0 Å². The molecule has 19 heavy (non-hydrogen) atoms. The molecule has 0 aliphatic carbocycles. The minimum atomic E-state index is -3.68. The Hall–Kier alpha value is -2.09. The van der Waals surface area contributed by atoms with Crippen LogP contribution in [-0.2, 0) is 17.1 Å². The Balaban J connectivity index is 2.34. The lowest BCUT2D eigenvalue weighted by atomic mass is 10.4. The SMILES string of the molecule is CCNc1ncccc1S(=O)(=O)Nc1cnn(C)c1. The number of aryl methyl sites for hydroxylation is 1. The largest absolute Gasteiger partial charge is 0.369 e. The van der Waals surface area contributed by atoms with Crippen molar-refractivity contribution in [3.63, 3.8) is 0 Å². The third-order valence-corrected chi connectivity index (χ3v) is 3.77. The van der Waals surface area contributed by atoms with E-state index in [-0.39, 0.29) is 4.90 Å². The fourth-order valence-corrected chi connectivity index (χ4v) is 2.75. The van der Waals surface area contributed by atoms with Crippen molar-refractivity contribution < 1.29 is 8.42 Å². The van der Waals surface area contributed by atoms with Gasteiger partial charge in [-0.1, -0.05) is 0 Å². The minimum absolute atomic E-state index is 0.112. The smallest absolute Gasteiger partial charge is 0.265 e. The first kappa shape index (κ1) is 13.3. The topological polar surface area (TPSA) is 88.9 Å². The molecule has 0 saturated carbocycles. The molecule has 0 atom stereocenters. The molecule has 0 bridgehead atoms.